The van der Waals surface area contributed by atoms with E-state index >= 15 is 0 Å². The predicted molar refractivity (Wildman–Crippen MR) is 98.5 cm³/mol. The van der Waals surface area contributed by atoms with Crippen LogP contribution in [0.2, 0.25) is 5.02 Å². The molecule has 1 saturated heterocycles. The molecule has 0 aliphatic carbocycles. The van der Waals surface area contributed by atoms with Crippen molar-refractivity contribution in [2.24, 2.45) is 0 Å². The maximum atomic E-state index is 12.4. The number of carbonyl (C=O) groups excluding carboxylic acids is 1. The Bertz CT molecular complexity index is 684. The van der Waals surface area contributed by atoms with Gasteiger partial charge in [0, 0.05) is 42.9 Å². The Morgan fingerprint density at radius 2 is 1.75 bits per heavy atom. The summed E-state index contributed by atoms with van der Waals surface area (Å²) in [4.78, 5) is 16.6. The van der Waals surface area contributed by atoms with Gasteiger partial charge >= 0.3 is 6.03 Å². The first-order valence-corrected chi connectivity index (χ1v) is 8.62. The molecule has 1 atom stereocenters. The highest BCUT2D eigenvalue weighted by Crippen LogP contribution is 2.22. The lowest BCUT2D eigenvalue weighted by molar-refractivity contribution is 0.119. The molecule has 1 unspecified atom stereocenters. The van der Waals surface area contributed by atoms with Gasteiger partial charge in [0.05, 0.1) is 0 Å². The van der Waals surface area contributed by atoms with Gasteiger partial charge in [-0.15, -0.1) is 0 Å². The molecule has 2 amide bonds. The molecule has 2 aromatic carbocycles. The number of halogens is 1. The zero-order valence-electron chi connectivity index (χ0n) is 13.8. The lowest BCUT2D eigenvalue weighted by Crippen LogP contribution is -2.50. The van der Waals surface area contributed by atoms with E-state index in [1.165, 1.54) is 5.56 Å². The van der Waals surface area contributed by atoms with Gasteiger partial charge < -0.3 is 10.2 Å². The van der Waals surface area contributed by atoms with E-state index in [0.717, 1.165) is 31.9 Å². The minimum Gasteiger partial charge on any atom is -0.322 e. The summed E-state index contributed by atoms with van der Waals surface area (Å²) in [6.45, 7) is 5.42. The molecule has 0 spiro atoms. The number of anilines is 1. The molecule has 24 heavy (non-hydrogen) atoms. The molecule has 1 heterocycles. The van der Waals surface area contributed by atoms with E-state index in [-0.39, 0.29) is 6.03 Å². The lowest BCUT2D eigenvalue weighted by Gasteiger charge is -2.38. The van der Waals surface area contributed by atoms with Crippen molar-refractivity contribution in [3.63, 3.8) is 0 Å². The summed E-state index contributed by atoms with van der Waals surface area (Å²) in [5.74, 6) is 0. The van der Waals surface area contributed by atoms with Gasteiger partial charge in [-0.3, -0.25) is 4.90 Å². The third-order valence-electron chi connectivity index (χ3n) is 4.51. The molecule has 1 aliphatic heterocycles. The summed E-state index contributed by atoms with van der Waals surface area (Å²) >= 11 is 5.95. The first-order chi connectivity index (χ1) is 11.6. The second-order valence-corrected chi connectivity index (χ2v) is 6.49. The zero-order chi connectivity index (χ0) is 16.9. The van der Waals surface area contributed by atoms with Crippen molar-refractivity contribution in [3.8, 4) is 0 Å². The quantitative estimate of drug-likeness (QED) is 0.904. The van der Waals surface area contributed by atoms with Gasteiger partial charge in [0.15, 0.2) is 0 Å². The highest BCUT2D eigenvalue weighted by molar-refractivity contribution is 6.30. The van der Waals surface area contributed by atoms with Crippen LogP contribution in [0.15, 0.2) is 54.6 Å². The summed E-state index contributed by atoms with van der Waals surface area (Å²) < 4.78 is 0. The van der Waals surface area contributed by atoms with Crippen LogP contribution >= 0.6 is 11.6 Å². The molecule has 0 aromatic heterocycles. The second-order valence-electron chi connectivity index (χ2n) is 6.05. The molecule has 4 nitrogen and oxygen atoms in total. The van der Waals surface area contributed by atoms with E-state index in [1.54, 1.807) is 12.1 Å². The molecule has 1 fully saturated rings. The van der Waals surface area contributed by atoms with E-state index in [1.807, 2.05) is 23.1 Å². The number of amides is 2. The van der Waals surface area contributed by atoms with Crippen molar-refractivity contribution in [3.05, 3.63) is 65.2 Å². The highest BCUT2D eigenvalue weighted by Gasteiger charge is 2.24. The molecule has 5 heteroatoms. The average Bonchev–Trinajstić information content (AvgIpc) is 2.62. The largest absolute Gasteiger partial charge is 0.322 e. The normalized spacial score (nSPS) is 16.7. The summed E-state index contributed by atoms with van der Waals surface area (Å²) in [6, 6.07) is 18.0. The number of nitrogens with one attached hydrogen (secondary N) is 1. The number of piperazine rings is 1. The highest BCUT2D eigenvalue weighted by atomic mass is 35.5. The summed E-state index contributed by atoms with van der Waals surface area (Å²) in [7, 11) is 0. The monoisotopic (exact) mass is 343 g/mol. The summed E-state index contributed by atoms with van der Waals surface area (Å²) in [5, 5.41) is 3.53. The maximum absolute atomic E-state index is 12.4. The second kappa shape index (κ2) is 7.69. The number of benzene rings is 2. The number of rotatable bonds is 3. The molecular formula is C19H22ClN3O. The molecule has 3 rings (SSSR count). The van der Waals surface area contributed by atoms with Crippen molar-refractivity contribution in [1.82, 2.24) is 9.80 Å². The van der Waals surface area contributed by atoms with Crippen LogP contribution in [0.25, 0.3) is 0 Å². The molecule has 1 aliphatic rings. The van der Waals surface area contributed by atoms with Gasteiger partial charge in [0.2, 0.25) is 0 Å². The zero-order valence-corrected chi connectivity index (χ0v) is 14.5. The van der Waals surface area contributed by atoms with E-state index in [9.17, 15) is 4.79 Å². The average molecular weight is 344 g/mol. The Morgan fingerprint density at radius 3 is 2.42 bits per heavy atom. The summed E-state index contributed by atoms with van der Waals surface area (Å²) in [6.07, 6.45) is 0. The van der Waals surface area contributed by atoms with E-state index in [2.05, 4.69) is 41.4 Å². The number of hydrogen-bond donors (Lipinski definition) is 1. The number of urea groups is 1. The Labute approximate surface area is 148 Å². The van der Waals surface area contributed by atoms with Crippen LogP contribution in [0, 0.1) is 0 Å². The molecule has 1 N–H and O–H groups in total. The minimum atomic E-state index is -0.0655. The van der Waals surface area contributed by atoms with Crippen molar-refractivity contribution < 1.29 is 4.79 Å². The van der Waals surface area contributed by atoms with Gasteiger partial charge in [0.25, 0.3) is 0 Å². The third kappa shape index (κ3) is 4.08. The third-order valence-corrected chi connectivity index (χ3v) is 4.74. The van der Waals surface area contributed by atoms with E-state index < -0.39 is 0 Å². The van der Waals surface area contributed by atoms with Crippen LogP contribution in [-0.2, 0) is 0 Å². The fourth-order valence-corrected chi connectivity index (χ4v) is 3.21. The first-order valence-electron chi connectivity index (χ1n) is 8.24. The molecule has 0 saturated carbocycles. The SMILES string of the molecule is CC(c1ccccc1)N1CCN(C(=O)Nc2cccc(Cl)c2)CC1. The van der Waals surface area contributed by atoms with E-state index in [0.29, 0.717) is 11.1 Å². The van der Waals surface area contributed by atoms with Crippen LogP contribution in [-0.4, -0.2) is 42.0 Å². The topological polar surface area (TPSA) is 35.6 Å². The Balaban J connectivity index is 1.54. The Morgan fingerprint density at radius 1 is 1.04 bits per heavy atom. The summed E-state index contributed by atoms with van der Waals surface area (Å²) in [5.41, 5.74) is 2.04. The number of nitrogens with zero attached hydrogens (tertiary/aromatic N) is 2. The van der Waals surface area contributed by atoms with Crippen LogP contribution in [0.4, 0.5) is 10.5 Å². The van der Waals surface area contributed by atoms with E-state index in [4.69, 9.17) is 11.6 Å². The predicted octanol–water partition coefficient (Wildman–Crippen LogP) is 4.25. The van der Waals surface area contributed by atoms with Crippen LogP contribution in [0.5, 0.6) is 0 Å². The van der Waals surface area contributed by atoms with Crippen molar-refractivity contribution in [2.45, 2.75) is 13.0 Å². The van der Waals surface area contributed by atoms with Crippen LogP contribution < -0.4 is 5.32 Å². The van der Waals surface area contributed by atoms with Crippen LogP contribution in [0.1, 0.15) is 18.5 Å². The standard InChI is InChI=1S/C19H22ClN3O/c1-15(16-6-3-2-4-7-16)22-10-12-23(13-11-22)19(24)21-18-9-5-8-17(20)14-18/h2-9,14-15H,10-13H2,1H3,(H,21,24). The fourth-order valence-electron chi connectivity index (χ4n) is 3.02. The lowest BCUT2D eigenvalue weighted by atomic mass is 10.1. The van der Waals surface area contributed by atoms with Gasteiger partial charge in [0.1, 0.15) is 0 Å². The number of carbonyl (C=O) groups is 1. The Kier molecular flexibility index (Phi) is 5.38. The number of hydrogen-bond acceptors (Lipinski definition) is 2. The van der Waals surface area contributed by atoms with Crippen molar-refractivity contribution >= 4 is 23.3 Å². The maximum Gasteiger partial charge on any atom is 0.321 e. The Hall–Kier alpha value is -2.04. The van der Waals surface area contributed by atoms with Gasteiger partial charge in [-0.1, -0.05) is 48.0 Å². The van der Waals surface area contributed by atoms with Crippen molar-refractivity contribution in [1.29, 1.82) is 0 Å². The fraction of sp³-hybridized carbons (Fsp3) is 0.316. The minimum absolute atomic E-state index is 0.0655. The molecule has 0 radical (unpaired) electrons. The van der Waals surface area contributed by atoms with Crippen LogP contribution in [0.3, 0.4) is 0 Å². The molecule has 126 valence electrons. The molecule has 0 bridgehead atoms. The molecule has 2 aromatic rings. The first kappa shape index (κ1) is 16.8. The smallest absolute Gasteiger partial charge is 0.321 e. The van der Waals surface area contributed by atoms with Crippen molar-refractivity contribution in [2.75, 3.05) is 31.5 Å². The molecular weight excluding hydrogens is 322 g/mol. The van der Waals surface area contributed by atoms with Gasteiger partial charge in [-0.2, -0.15) is 0 Å². The van der Waals surface area contributed by atoms with Gasteiger partial charge in [-0.25, -0.2) is 4.79 Å². The van der Waals surface area contributed by atoms with Gasteiger partial charge in [-0.05, 0) is 30.7 Å².